The predicted molar refractivity (Wildman–Crippen MR) is 122 cm³/mol. The van der Waals surface area contributed by atoms with Gasteiger partial charge in [0.05, 0.1) is 11.4 Å². The van der Waals surface area contributed by atoms with E-state index in [2.05, 4.69) is 0 Å². The number of hydrogen-bond acceptors (Lipinski definition) is 5. The number of likely N-dealkylation sites (N-methyl/N-ethyl adjacent to an activating group) is 1. The van der Waals surface area contributed by atoms with Gasteiger partial charge in [-0.1, -0.05) is 36.2 Å². The predicted octanol–water partition coefficient (Wildman–Crippen LogP) is 3.28. The second kappa shape index (κ2) is 10.3. The molecule has 0 aliphatic carbocycles. The van der Waals surface area contributed by atoms with E-state index in [0.717, 1.165) is 17.7 Å². The Bertz CT molecular complexity index is 1050. The molecule has 0 saturated carbocycles. The molecule has 0 bridgehead atoms. The van der Waals surface area contributed by atoms with Gasteiger partial charge in [-0.3, -0.25) is 9.59 Å². The molecule has 0 spiro atoms. The van der Waals surface area contributed by atoms with Crippen molar-refractivity contribution in [1.29, 1.82) is 0 Å². The Labute approximate surface area is 190 Å². The van der Waals surface area contributed by atoms with E-state index >= 15 is 0 Å². The van der Waals surface area contributed by atoms with Crippen LogP contribution in [0.4, 0.5) is 0 Å². The minimum atomic E-state index is -3.86. The Morgan fingerprint density at radius 2 is 1.72 bits per heavy atom. The van der Waals surface area contributed by atoms with Crippen molar-refractivity contribution in [3.05, 3.63) is 59.7 Å². The van der Waals surface area contributed by atoms with Gasteiger partial charge in [0.2, 0.25) is 15.9 Å². The third-order valence-corrected chi connectivity index (χ3v) is 7.62. The average molecular weight is 459 g/mol. The number of ether oxygens (including phenoxy) is 1. The van der Waals surface area contributed by atoms with Crippen LogP contribution in [-0.4, -0.2) is 62.1 Å². The van der Waals surface area contributed by atoms with E-state index in [9.17, 15) is 18.0 Å². The molecule has 1 atom stereocenters. The normalized spacial score (nSPS) is 17.0. The van der Waals surface area contributed by atoms with Crippen LogP contribution in [0.25, 0.3) is 0 Å². The largest absolute Gasteiger partial charge is 0.492 e. The van der Waals surface area contributed by atoms with Crippen LogP contribution in [0.2, 0.25) is 0 Å². The summed E-state index contributed by atoms with van der Waals surface area (Å²) in [6.45, 7) is 4.39. The lowest BCUT2D eigenvalue weighted by Gasteiger charge is -2.35. The van der Waals surface area contributed by atoms with E-state index < -0.39 is 16.1 Å². The molecule has 172 valence electrons. The molecule has 1 amide bonds. The van der Waals surface area contributed by atoms with Crippen LogP contribution in [0.15, 0.2) is 53.4 Å². The summed E-state index contributed by atoms with van der Waals surface area (Å²) in [6.07, 6.45) is 1.97. The van der Waals surface area contributed by atoms with E-state index in [4.69, 9.17) is 4.74 Å². The van der Waals surface area contributed by atoms with Gasteiger partial charge in [-0.05, 0) is 51.0 Å². The SMILES string of the molecule is CC(=O)c1ccc(S(=O)(=O)N2CCCCC2C(=O)N(C)CCOc2ccc(C)cc2)cc1. The number of benzene rings is 2. The third-order valence-electron chi connectivity index (χ3n) is 5.70. The molecule has 1 fully saturated rings. The zero-order chi connectivity index (χ0) is 23.3. The summed E-state index contributed by atoms with van der Waals surface area (Å²) in [6, 6.07) is 12.8. The maximum atomic E-state index is 13.3. The highest BCUT2D eigenvalue weighted by Crippen LogP contribution is 2.27. The van der Waals surface area contributed by atoms with Gasteiger partial charge in [0.15, 0.2) is 5.78 Å². The quantitative estimate of drug-likeness (QED) is 0.567. The van der Waals surface area contributed by atoms with Crippen LogP contribution in [0.5, 0.6) is 5.75 Å². The van der Waals surface area contributed by atoms with E-state index in [1.54, 1.807) is 7.05 Å². The molecule has 8 heteroatoms. The molecule has 3 rings (SSSR count). The fourth-order valence-electron chi connectivity index (χ4n) is 3.74. The van der Waals surface area contributed by atoms with Crippen molar-refractivity contribution in [3.63, 3.8) is 0 Å². The molecule has 1 aliphatic rings. The second-order valence-corrected chi connectivity index (χ2v) is 10.0. The summed E-state index contributed by atoms with van der Waals surface area (Å²) in [5, 5.41) is 0. The summed E-state index contributed by atoms with van der Waals surface area (Å²) >= 11 is 0. The Morgan fingerprint density at radius 3 is 2.34 bits per heavy atom. The van der Waals surface area contributed by atoms with Crippen LogP contribution in [0, 0.1) is 6.92 Å². The van der Waals surface area contributed by atoms with Gasteiger partial charge in [0.25, 0.3) is 0 Å². The van der Waals surface area contributed by atoms with Crippen molar-refractivity contribution >= 4 is 21.7 Å². The van der Waals surface area contributed by atoms with E-state index in [1.165, 1.54) is 40.4 Å². The number of carbonyl (C=O) groups excluding carboxylic acids is 2. The number of piperidine rings is 1. The number of hydrogen-bond donors (Lipinski definition) is 0. The minimum absolute atomic E-state index is 0.0903. The number of ketones is 1. The van der Waals surface area contributed by atoms with Gasteiger partial charge in [-0.15, -0.1) is 0 Å². The Hall–Kier alpha value is -2.71. The lowest BCUT2D eigenvalue weighted by molar-refractivity contribution is -0.135. The highest BCUT2D eigenvalue weighted by molar-refractivity contribution is 7.89. The molecule has 2 aromatic rings. The summed E-state index contributed by atoms with van der Waals surface area (Å²) in [5.41, 5.74) is 1.59. The van der Waals surface area contributed by atoms with Crippen molar-refractivity contribution in [1.82, 2.24) is 9.21 Å². The Balaban J connectivity index is 1.68. The molecule has 1 saturated heterocycles. The monoisotopic (exact) mass is 458 g/mol. The van der Waals surface area contributed by atoms with Gasteiger partial charge in [-0.2, -0.15) is 4.31 Å². The number of nitrogens with zero attached hydrogens (tertiary/aromatic N) is 2. The third kappa shape index (κ3) is 5.55. The topological polar surface area (TPSA) is 84.0 Å². The van der Waals surface area contributed by atoms with Gasteiger partial charge in [-0.25, -0.2) is 8.42 Å². The molecular weight excluding hydrogens is 428 g/mol. The van der Waals surface area contributed by atoms with Crippen molar-refractivity contribution in [2.75, 3.05) is 26.7 Å². The lowest BCUT2D eigenvalue weighted by Crippen LogP contribution is -2.52. The molecule has 0 radical (unpaired) electrons. The molecule has 0 aromatic heterocycles. The summed E-state index contributed by atoms with van der Waals surface area (Å²) < 4.78 is 33.6. The van der Waals surface area contributed by atoms with E-state index in [1.807, 2.05) is 31.2 Å². The standard InChI is InChI=1S/C24H30N2O5S/c1-18-7-11-21(12-8-18)31-17-16-25(3)24(28)23-6-4-5-15-26(23)32(29,30)22-13-9-20(10-14-22)19(2)27/h7-14,23H,4-6,15-17H2,1-3H3. The van der Waals surface area contributed by atoms with Gasteiger partial charge < -0.3 is 9.64 Å². The maximum Gasteiger partial charge on any atom is 0.243 e. The van der Waals surface area contributed by atoms with Gasteiger partial charge >= 0.3 is 0 Å². The molecule has 7 nitrogen and oxygen atoms in total. The van der Waals surface area contributed by atoms with Crippen molar-refractivity contribution < 1.29 is 22.7 Å². The molecule has 1 aliphatic heterocycles. The fourth-order valence-corrected chi connectivity index (χ4v) is 5.39. The van der Waals surface area contributed by atoms with E-state index in [0.29, 0.717) is 38.1 Å². The van der Waals surface area contributed by atoms with Crippen molar-refractivity contribution in [2.45, 2.75) is 44.0 Å². The number of carbonyl (C=O) groups is 2. The fraction of sp³-hybridized carbons (Fsp3) is 0.417. The molecular formula is C24H30N2O5S. The summed E-state index contributed by atoms with van der Waals surface area (Å²) in [4.78, 5) is 26.3. The first kappa shape index (κ1) is 23.9. The van der Waals surface area contributed by atoms with Gasteiger partial charge in [0.1, 0.15) is 18.4 Å². The number of aryl methyl sites for hydroxylation is 1. The summed E-state index contributed by atoms with van der Waals surface area (Å²) in [5.74, 6) is 0.364. The number of amides is 1. The zero-order valence-corrected chi connectivity index (χ0v) is 19.6. The van der Waals surface area contributed by atoms with Crippen molar-refractivity contribution in [3.8, 4) is 5.75 Å². The number of rotatable bonds is 8. The van der Waals surface area contributed by atoms with Crippen molar-refractivity contribution in [2.24, 2.45) is 0 Å². The molecule has 2 aromatic carbocycles. The second-order valence-electron chi connectivity index (χ2n) is 8.13. The highest BCUT2D eigenvalue weighted by atomic mass is 32.2. The van der Waals surface area contributed by atoms with Crippen LogP contribution >= 0.6 is 0 Å². The first-order chi connectivity index (χ1) is 15.2. The Kier molecular flexibility index (Phi) is 7.69. The van der Waals surface area contributed by atoms with Crippen LogP contribution in [0.1, 0.15) is 42.1 Å². The molecule has 1 unspecified atom stereocenters. The molecule has 1 heterocycles. The lowest BCUT2D eigenvalue weighted by atomic mass is 10.0. The smallest absolute Gasteiger partial charge is 0.243 e. The minimum Gasteiger partial charge on any atom is -0.492 e. The van der Waals surface area contributed by atoms with Crippen LogP contribution in [0.3, 0.4) is 0 Å². The summed E-state index contributed by atoms with van der Waals surface area (Å²) in [7, 11) is -2.19. The first-order valence-corrected chi connectivity index (χ1v) is 12.2. The highest BCUT2D eigenvalue weighted by Gasteiger charge is 2.38. The average Bonchev–Trinajstić information content (AvgIpc) is 2.79. The molecule has 0 N–H and O–H groups in total. The maximum absolute atomic E-state index is 13.3. The first-order valence-electron chi connectivity index (χ1n) is 10.8. The number of Topliss-reactive ketones (excluding diaryl/α,β-unsaturated/α-hetero) is 1. The Morgan fingerprint density at radius 1 is 1.06 bits per heavy atom. The zero-order valence-electron chi connectivity index (χ0n) is 18.8. The van der Waals surface area contributed by atoms with E-state index in [-0.39, 0.29) is 16.6 Å². The van der Waals surface area contributed by atoms with Crippen LogP contribution < -0.4 is 4.74 Å². The number of sulfonamides is 1. The van der Waals surface area contributed by atoms with Crippen LogP contribution in [-0.2, 0) is 14.8 Å². The molecule has 32 heavy (non-hydrogen) atoms. The van der Waals surface area contributed by atoms with Gasteiger partial charge in [0, 0.05) is 19.2 Å².